The maximum atomic E-state index is 11.0. The van der Waals surface area contributed by atoms with Crippen molar-refractivity contribution in [2.75, 3.05) is 12.9 Å². The first-order valence-electron chi connectivity index (χ1n) is 5.48. The molecule has 0 amide bonds. The summed E-state index contributed by atoms with van der Waals surface area (Å²) in [4.78, 5) is 4.14. The van der Waals surface area contributed by atoms with Crippen LogP contribution in [0.4, 0.5) is 0 Å². The lowest BCUT2D eigenvalue weighted by molar-refractivity contribution is 0.274. The van der Waals surface area contributed by atoms with E-state index < -0.39 is 10.0 Å². The smallest absolute Gasteiger partial charge is 0.209 e. The second-order valence-corrected chi connectivity index (χ2v) is 5.90. The Balaban J connectivity index is 2.04. The molecule has 6 nitrogen and oxygen atoms in total. The Hall–Kier alpha value is -1.60. The van der Waals surface area contributed by atoms with Crippen LogP contribution in [0.1, 0.15) is 6.92 Å². The molecule has 1 unspecified atom stereocenters. The van der Waals surface area contributed by atoms with Gasteiger partial charge in [-0.3, -0.25) is 4.40 Å². The number of nitrogens with one attached hydrogen (secondary N) is 1. The number of fused-ring (bicyclic) bond motifs is 1. The van der Waals surface area contributed by atoms with Gasteiger partial charge in [0.25, 0.3) is 0 Å². The van der Waals surface area contributed by atoms with Crippen LogP contribution < -0.4 is 9.46 Å². The van der Waals surface area contributed by atoms with Gasteiger partial charge in [-0.05, 0) is 19.1 Å². The molecule has 0 saturated heterocycles. The van der Waals surface area contributed by atoms with Crippen molar-refractivity contribution in [3.63, 3.8) is 0 Å². The zero-order chi connectivity index (χ0) is 13.2. The van der Waals surface area contributed by atoms with Crippen LogP contribution in [0.5, 0.6) is 5.88 Å². The van der Waals surface area contributed by atoms with E-state index in [2.05, 4.69) is 9.71 Å². The van der Waals surface area contributed by atoms with Gasteiger partial charge in [-0.1, -0.05) is 6.07 Å². The van der Waals surface area contributed by atoms with Gasteiger partial charge < -0.3 is 4.74 Å². The average molecular weight is 269 g/mol. The van der Waals surface area contributed by atoms with Crippen molar-refractivity contribution in [3.05, 3.63) is 30.6 Å². The predicted molar refractivity (Wildman–Crippen MR) is 68.1 cm³/mol. The summed E-state index contributed by atoms with van der Waals surface area (Å²) >= 11 is 0. The number of nitrogens with zero attached hydrogens (tertiary/aromatic N) is 2. The number of aromatic nitrogens is 2. The van der Waals surface area contributed by atoms with Gasteiger partial charge in [0.1, 0.15) is 12.3 Å². The number of hydrogen-bond donors (Lipinski definition) is 1. The fourth-order valence-corrected chi connectivity index (χ4v) is 2.45. The number of hydrogen-bond acceptors (Lipinski definition) is 4. The predicted octanol–water partition coefficient (Wildman–Crippen LogP) is 0.651. The molecule has 2 aromatic rings. The Morgan fingerprint density at radius 1 is 1.50 bits per heavy atom. The molecule has 0 spiro atoms. The lowest BCUT2D eigenvalue weighted by Gasteiger charge is -2.14. The van der Waals surface area contributed by atoms with E-state index in [1.807, 2.05) is 18.2 Å². The number of rotatable bonds is 5. The lowest BCUT2D eigenvalue weighted by atomic mass is 10.4. The third-order valence-corrected chi connectivity index (χ3v) is 3.12. The summed E-state index contributed by atoms with van der Waals surface area (Å²) in [5, 5.41) is 0. The average Bonchev–Trinajstić information content (AvgIpc) is 2.72. The summed E-state index contributed by atoms with van der Waals surface area (Å²) in [6.07, 6.45) is 4.60. The first-order chi connectivity index (χ1) is 8.46. The molecular formula is C11H15N3O3S. The van der Waals surface area contributed by atoms with Gasteiger partial charge in [0.2, 0.25) is 10.0 Å². The standard InChI is InChI=1S/C11H15N3O3S/c1-9(13-18(2,15)16)8-17-11-5-3-4-10-12-6-7-14(10)11/h3-7,9,13H,8H2,1-2H3. The Labute approximate surface area is 106 Å². The van der Waals surface area contributed by atoms with Crippen molar-refractivity contribution in [3.8, 4) is 5.88 Å². The molecule has 2 heterocycles. The fourth-order valence-electron chi connectivity index (χ4n) is 1.65. The van der Waals surface area contributed by atoms with Crippen LogP contribution in [-0.2, 0) is 10.0 Å². The van der Waals surface area contributed by atoms with Crippen LogP contribution in [0.2, 0.25) is 0 Å². The molecule has 1 atom stereocenters. The van der Waals surface area contributed by atoms with E-state index in [1.165, 1.54) is 0 Å². The van der Waals surface area contributed by atoms with Crippen molar-refractivity contribution in [1.29, 1.82) is 0 Å². The number of pyridine rings is 1. The molecule has 0 aliphatic carbocycles. The highest BCUT2D eigenvalue weighted by molar-refractivity contribution is 7.88. The number of sulfonamides is 1. The molecule has 0 radical (unpaired) electrons. The minimum absolute atomic E-state index is 0.254. The molecular weight excluding hydrogens is 254 g/mol. The van der Waals surface area contributed by atoms with E-state index in [9.17, 15) is 8.42 Å². The van der Waals surface area contributed by atoms with Crippen molar-refractivity contribution in [2.24, 2.45) is 0 Å². The SMILES string of the molecule is CC(COc1cccc2nccn12)NS(C)(=O)=O. The highest BCUT2D eigenvalue weighted by Gasteiger charge is 2.10. The highest BCUT2D eigenvalue weighted by atomic mass is 32.2. The summed E-state index contributed by atoms with van der Waals surface area (Å²) in [6, 6.07) is 5.22. The molecule has 0 aliphatic rings. The molecule has 0 bridgehead atoms. The zero-order valence-corrected chi connectivity index (χ0v) is 11.0. The Bertz CT molecular complexity index is 636. The van der Waals surface area contributed by atoms with Crippen LogP contribution in [0.3, 0.4) is 0 Å². The largest absolute Gasteiger partial charge is 0.477 e. The van der Waals surface area contributed by atoms with Gasteiger partial charge in [0.15, 0.2) is 5.88 Å². The van der Waals surface area contributed by atoms with Gasteiger partial charge >= 0.3 is 0 Å². The maximum Gasteiger partial charge on any atom is 0.209 e. The van der Waals surface area contributed by atoms with Gasteiger partial charge in [-0.2, -0.15) is 0 Å². The molecule has 0 aromatic carbocycles. The van der Waals surface area contributed by atoms with Crippen molar-refractivity contribution < 1.29 is 13.2 Å². The molecule has 98 valence electrons. The third-order valence-electron chi connectivity index (χ3n) is 2.29. The zero-order valence-electron chi connectivity index (χ0n) is 10.2. The first kappa shape index (κ1) is 12.8. The Morgan fingerprint density at radius 3 is 3.00 bits per heavy atom. The summed E-state index contributed by atoms with van der Waals surface area (Å²) < 4.78 is 31.9. The summed E-state index contributed by atoms with van der Waals surface area (Å²) in [5.41, 5.74) is 0.788. The molecule has 7 heteroatoms. The molecule has 0 fully saturated rings. The van der Waals surface area contributed by atoms with Gasteiger partial charge in [0.05, 0.1) is 12.3 Å². The molecule has 1 N–H and O–H groups in total. The van der Waals surface area contributed by atoms with Gasteiger partial charge in [-0.15, -0.1) is 0 Å². The van der Waals surface area contributed by atoms with E-state index in [0.29, 0.717) is 5.88 Å². The topological polar surface area (TPSA) is 72.7 Å². The van der Waals surface area contributed by atoms with Crippen LogP contribution in [0.25, 0.3) is 5.65 Å². The molecule has 2 aromatic heterocycles. The summed E-state index contributed by atoms with van der Waals surface area (Å²) in [6.45, 7) is 2.00. The minimum Gasteiger partial charge on any atom is -0.477 e. The van der Waals surface area contributed by atoms with Gasteiger partial charge in [-0.25, -0.2) is 18.1 Å². The van der Waals surface area contributed by atoms with E-state index in [4.69, 9.17) is 4.74 Å². The van der Waals surface area contributed by atoms with Crippen molar-refractivity contribution >= 4 is 15.7 Å². The Kier molecular flexibility index (Phi) is 3.53. The third kappa shape index (κ3) is 3.21. The minimum atomic E-state index is -3.21. The Morgan fingerprint density at radius 2 is 2.28 bits per heavy atom. The van der Waals surface area contributed by atoms with Crippen LogP contribution >= 0.6 is 0 Å². The monoisotopic (exact) mass is 269 g/mol. The number of ether oxygens (including phenoxy) is 1. The van der Waals surface area contributed by atoms with Crippen molar-refractivity contribution in [1.82, 2.24) is 14.1 Å². The van der Waals surface area contributed by atoms with Crippen molar-refractivity contribution in [2.45, 2.75) is 13.0 Å². The van der Waals surface area contributed by atoms with Crippen LogP contribution in [0.15, 0.2) is 30.6 Å². The fraction of sp³-hybridized carbons (Fsp3) is 0.364. The maximum absolute atomic E-state index is 11.0. The van der Waals surface area contributed by atoms with E-state index in [-0.39, 0.29) is 12.6 Å². The normalized spacial score (nSPS) is 13.7. The summed E-state index contributed by atoms with van der Waals surface area (Å²) in [7, 11) is -3.21. The van der Waals surface area contributed by atoms with Crippen LogP contribution in [0, 0.1) is 0 Å². The quantitative estimate of drug-likeness (QED) is 0.865. The van der Waals surface area contributed by atoms with E-state index in [0.717, 1.165) is 11.9 Å². The lowest BCUT2D eigenvalue weighted by Crippen LogP contribution is -2.36. The second kappa shape index (κ2) is 4.95. The molecule has 18 heavy (non-hydrogen) atoms. The highest BCUT2D eigenvalue weighted by Crippen LogP contribution is 2.13. The van der Waals surface area contributed by atoms with E-state index in [1.54, 1.807) is 23.7 Å². The molecule has 0 aliphatic heterocycles. The van der Waals surface area contributed by atoms with Crippen LogP contribution in [-0.4, -0.2) is 36.7 Å². The molecule has 2 rings (SSSR count). The molecule has 0 saturated carbocycles. The van der Waals surface area contributed by atoms with E-state index >= 15 is 0 Å². The number of imidazole rings is 1. The first-order valence-corrected chi connectivity index (χ1v) is 7.37. The van der Waals surface area contributed by atoms with Gasteiger partial charge in [0, 0.05) is 12.4 Å². The summed E-state index contributed by atoms with van der Waals surface area (Å²) in [5.74, 6) is 0.632. The second-order valence-electron chi connectivity index (χ2n) is 4.12.